The second kappa shape index (κ2) is 4.96. The summed E-state index contributed by atoms with van der Waals surface area (Å²) in [6.07, 6.45) is 5.02. The normalized spacial score (nSPS) is 31.2. The highest BCUT2D eigenvalue weighted by atomic mass is 16.5. The number of hydrogen-bond acceptors (Lipinski definition) is 4. The van der Waals surface area contributed by atoms with E-state index in [0.717, 1.165) is 18.8 Å². The molecule has 1 aromatic heterocycles. The third-order valence-corrected chi connectivity index (χ3v) is 3.95. The van der Waals surface area contributed by atoms with Crippen LogP contribution in [0.1, 0.15) is 31.5 Å². The van der Waals surface area contributed by atoms with Gasteiger partial charge in [0.15, 0.2) is 0 Å². The third kappa shape index (κ3) is 2.28. The van der Waals surface area contributed by atoms with E-state index in [9.17, 15) is 0 Å². The number of fused-ring (bicyclic) bond motifs is 2. The number of rotatable bonds is 3. The molecule has 2 aliphatic heterocycles. The summed E-state index contributed by atoms with van der Waals surface area (Å²) in [7, 11) is 0. The van der Waals surface area contributed by atoms with Gasteiger partial charge in [0.1, 0.15) is 0 Å². The molecule has 3 rings (SSSR count). The Morgan fingerprint density at radius 2 is 2.06 bits per heavy atom. The van der Waals surface area contributed by atoms with Crippen LogP contribution in [0.5, 0.6) is 0 Å². The van der Waals surface area contributed by atoms with Crippen molar-refractivity contribution in [3.05, 3.63) is 30.1 Å². The van der Waals surface area contributed by atoms with Gasteiger partial charge in [0.05, 0.1) is 23.9 Å². The molecular formula is C14H21N3O. The van der Waals surface area contributed by atoms with Crippen LogP contribution in [0.25, 0.3) is 0 Å². The molecule has 4 heteroatoms. The van der Waals surface area contributed by atoms with Gasteiger partial charge < -0.3 is 10.5 Å². The molecule has 2 fully saturated rings. The minimum Gasteiger partial charge on any atom is -0.372 e. The molecule has 98 valence electrons. The van der Waals surface area contributed by atoms with Gasteiger partial charge in [0.2, 0.25) is 0 Å². The summed E-state index contributed by atoms with van der Waals surface area (Å²) >= 11 is 0. The zero-order chi connectivity index (χ0) is 12.5. The summed E-state index contributed by atoms with van der Waals surface area (Å²) in [5, 5.41) is 0. The highest BCUT2D eigenvalue weighted by Crippen LogP contribution is 2.32. The van der Waals surface area contributed by atoms with Crippen molar-refractivity contribution in [2.75, 3.05) is 13.1 Å². The van der Waals surface area contributed by atoms with E-state index in [1.165, 1.54) is 12.8 Å². The van der Waals surface area contributed by atoms with Crippen LogP contribution in [-0.4, -0.2) is 41.2 Å². The lowest BCUT2D eigenvalue weighted by atomic mass is 10.0. The largest absolute Gasteiger partial charge is 0.372 e. The lowest BCUT2D eigenvalue weighted by Crippen LogP contribution is -2.49. The molecule has 2 aliphatic rings. The molecule has 0 radical (unpaired) electrons. The second-order valence-corrected chi connectivity index (χ2v) is 5.47. The van der Waals surface area contributed by atoms with E-state index in [-0.39, 0.29) is 12.1 Å². The summed E-state index contributed by atoms with van der Waals surface area (Å²) in [5.41, 5.74) is 7.27. The van der Waals surface area contributed by atoms with Crippen LogP contribution in [0.15, 0.2) is 24.4 Å². The van der Waals surface area contributed by atoms with Crippen LogP contribution < -0.4 is 5.73 Å². The smallest absolute Gasteiger partial charge is 0.0707 e. The Balaban J connectivity index is 1.82. The Bertz CT molecular complexity index is 383. The number of pyridine rings is 1. The van der Waals surface area contributed by atoms with Crippen molar-refractivity contribution < 1.29 is 4.74 Å². The van der Waals surface area contributed by atoms with Gasteiger partial charge in [-0.1, -0.05) is 6.07 Å². The van der Waals surface area contributed by atoms with Gasteiger partial charge in [-0.05, 0) is 31.9 Å². The molecule has 1 aromatic rings. The maximum Gasteiger partial charge on any atom is 0.0707 e. The zero-order valence-corrected chi connectivity index (χ0v) is 10.8. The molecule has 4 nitrogen and oxygen atoms in total. The fourth-order valence-corrected chi connectivity index (χ4v) is 3.21. The third-order valence-electron chi connectivity index (χ3n) is 3.95. The zero-order valence-electron chi connectivity index (χ0n) is 10.8. The molecule has 0 amide bonds. The standard InChI is InChI=1S/C14H21N3O/c1-10(15)14(13-4-2-3-7-16-13)17-8-11-5-6-12(9-17)18-11/h2-4,7,10-12,14H,5-6,8-9,15H2,1H3. The van der Waals surface area contributed by atoms with Crippen molar-refractivity contribution in [1.82, 2.24) is 9.88 Å². The van der Waals surface area contributed by atoms with E-state index < -0.39 is 0 Å². The molecule has 18 heavy (non-hydrogen) atoms. The first kappa shape index (κ1) is 12.1. The molecule has 0 aromatic carbocycles. The van der Waals surface area contributed by atoms with E-state index in [4.69, 9.17) is 10.5 Å². The van der Waals surface area contributed by atoms with Crippen molar-refractivity contribution in [1.29, 1.82) is 0 Å². The van der Waals surface area contributed by atoms with Crippen molar-refractivity contribution in [3.8, 4) is 0 Å². The van der Waals surface area contributed by atoms with Gasteiger partial charge in [-0.2, -0.15) is 0 Å². The number of ether oxygens (including phenoxy) is 1. The number of likely N-dealkylation sites (tertiary alicyclic amines) is 1. The lowest BCUT2D eigenvalue weighted by molar-refractivity contribution is -0.0565. The fourth-order valence-electron chi connectivity index (χ4n) is 3.21. The first-order chi connectivity index (χ1) is 8.74. The lowest BCUT2D eigenvalue weighted by Gasteiger charge is -2.39. The average molecular weight is 247 g/mol. The Morgan fingerprint density at radius 3 is 2.61 bits per heavy atom. The van der Waals surface area contributed by atoms with Gasteiger partial charge in [0, 0.05) is 25.3 Å². The number of nitrogens with two attached hydrogens (primary N) is 1. The maximum absolute atomic E-state index is 6.19. The first-order valence-corrected chi connectivity index (χ1v) is 6.80. The summed E-state index contributed by atoms with van der Waals surface area (Å²) in [4.78, 5) is 6.94. The quantitative estimate of drug-likeness (QED) is 0.875. The molecule has 0 saturated carbocycles. The predicted octanol–water partition coefficient (Wildman–Crippen LogP) is 1.33. The summed E-state index contributed by atoms with van der Waals surface area (Å²) in [5.74, 6) is 0. The van der Waals surface area contributed by atoms with Crippen LogP contribution in [0, 0.1) is 0 Å². The minimum absolute atomic E-state index is 0.0809. The molecular weight excluding hydrogens is 226 g/mol. The summed E-state index contributed by atoms with van der Waals surface area (Å²) < 4.78 is 5.89. The van der Waals surface area contributed by atoms with Crippen molar-refractivity contribution in [2.45, 2.75) is 44.1 Å². The van der Waals surface area contributed by atoms with Gasteiger partial charge in [-0.15, -0.1) is 0 Å². The number of nitrogens with zero attached hydrogens (tertiary/aromatic N) is 2. The topological polar surface area (TPSA) is 51.4 Å². The van der Waals surface area contributed by atoms with E-state index in [1.54, 1.807) is 0 Å². The van der Waals surface area contributed by atoms with Gasteiger partial charge in [-0.3, -0.25) is 9.88 Å². The van der Waals surface area contributed by atoms with Crippen molar-refractivity contribution >= 4 is 0 Å². The van der Waals surface area contributed by atoms with Gasteiger partial charge in [-0.25, -0.2) is 0 Å². The predicted molar refractivity (Wildman–Crippen MR) is 70.1 cm³/mol. The van der Waals surface area contributed by atoms with E-state index in [2.05, 4.69) is 22.9 Å². The minimum atomic E-state index is 0.0809. The number of aromatic nitrogens is 1. The Kier molecular flexibility index (Phi) is 3.33. The average Bonchev–Trinajstić information content (AvgIpc) is 2.70. The SMILES string of the molecule is CC(N)C(c1ccccn1)N1CC2CCC(C1)O2. The van der Waals surface area contributed by atoms with E-state index in [0.29, 0.717) is 12.2 Å². The summed E-state index contributed by atoms with van der Waals surface area (Å²) in [6, 6.07) is 6.35. The van der Waals surface area contributed by atoms with Crippen LogP contribution in [0.4, 0.5) is 0 Å². The molecule has 0 aliphatic carbocycles. The monoisotopic (exact) mass is 247 g/mol. The van der Waals surface area contributed by atoms with Crippen molar-refractivity contribution in [3.63, 3.8) is 0 Å². The molecule has 4 atom stereocenters. The molecule has 0 spiro atoms. The number of hydrogen-bond donors (Lipinski definition) is 1. The van der Waals surface area contributed by atoms with Gasteiger partial charge >= 0.3 is 0 Å². The molecule has 4 unspecified atom stereocenters. The fraction of sp³-hybridized carbons (Fsp3) is 0.643. The van der Waals surface area contributed by atoms with Crippen LogP contribution in [0.3, 0.4) is 0 Å². The highest BCUT2D eigenvalue weighted by molar-refractivity contribution is 5.12. The molecule has 2 bridgehead atoms. The van der Waals surface area contributed by atoms with Crippen LogP contribution in [-0.2, 0) is 4.74 Å². The van der Waals surface area contributed by atoms with Gasteiger partial charge in [0.25, 0.3) is 0 Å². The molecule has 2 saturated heterocycles. The maximum atomic E-state index is 6.19. The van der Waals surface area contributed by atoms with Crippen LogP contribution >= 0.6 is 0 Å². The molecule has 3 heterocycles. The molecule has 2 N–H and O–H groups in total. The number of morpholine rings is 1. The Morgan fingerprint density at radius 1 is 1.33 bits per heavy atom. The summed E-state index contributed by atoms with van der Waals surface area (Å²) in [6.45, 7) is 4.04. The van der Waals surface area contributed by atoms with Crippen LogP contribution in [0.2, 0.25) is 0 Å². The first-order valence-electron chi connectivity index (χ1n) is 6.80. The van der Waals surface area contributed by atoms with Crippen molar-refractivity contribution in [2.24, 2.45) is 5.73 Å². The Hall–Kier alpha value is -0.970. The van der Waals surface area contributed by atoms with E-state index in [1.807, 2.05) is 18.3 Å². The second-order valence-electron chi connectivity index (χ2n) is 5.47. The van der Waals surface area contributed by atoms with E-state index >= 15 is 0 Å². The Labute approximate surface area is 108 Å². The highest BCUT2D eigenvalue weighted by Gasteiger charge is 2.38.